The molecule has 0 amide bonds. The molecule has 1 aromatic carbocycles. The molecule has 3 rings (SSSR count). The Hall–Kier alpha value is -1.91. The third-order valence-electron chi connectivity index (χ3n) is 4.58. The van der Waals surface area contributed by atoms with Gasteiger partial charge in [-0.05, 0) is 39.2 Å². The Morgan fingerprint density at radius 1 is 1.23 bits per heavy atom. The van der Waals surface area contributed by atoms with Gasteiger partial charge in [-0.15, -0.1) is 0 Å². The van der Waals surface area contributed by atoms with Crippen molar-refractivity contribution >= 4 is 23.5 Å². The quantitative estimate of drug-likeness (QED) is 0.755. The largest absolute Gasteiger partial charge is 0.495 e. The summed E-state index contributed by atoms with van der Waals surface area (Å²) in [5.41, 5.74) is 0.0611. The van der Waals surface area contributed by atoms with Crippen molar-refractivity contribution in [2.24, 2.45) is 7.05 Å². The second kappa shape index (κ2) is 4.54. The Labute approximate surface area is 128 Å². The molecule has 0 aliphatic carbocycles. The van der Waals surface area contributed by atoms with E-state index in [1.807, 2.05) is 33.8 Å². The van der Waals surface area contributed by atoms with E-state index in [9.17, 15) is 9.65 Å². The summed E-state index contributed by atoms with van der Waals surface area (Å²) in [5, 5.41) is 13.8. The summed E-state index contributed by atoms with van der Waals surface area (Å²) in [6, 6.07) is 4.97. The second-order valence-corrected chi connectivity index (χ2v) is 6.53. The lowest BCUT2D eigenvalue weighted by molar-refractivity contribution is 0.00578. The summed E-state index contributed by atoms with van der Waals surface area (Å²) in [5.74, 6) is -0.424. The number of aromatic nitrogens is 2. The molecule has 1 fully saturated rings. The van der Waals surface area contributed by atoms with Crippen LogP contribution in [0, 0.1) is 17.1 Å². The molecule has 0 spiro atoms. The Morgan fingerprint density at radius 2 is 1.82 bits per heavy atom. The van der Waals surface area contributed by atoms with Gasteiger partial charge < -0.3 is 9.31 Å². The molecule has 1 saturated heterocycles. The Bertz CT molecular complexity index is 791. The molecule has 22 heavy (non-hydrogen) atoms. The van der Waals surface area contributed by atoms with Crippen LogP contribution in [0.2, 0.25) is 0 Å². The van der Waals surface area contributed by atoms with E-state index in [1.165, 1.54) is 10.7 Å². The molecule has 0 unspecified atom stereocenters. The van der Waals surface area contributed by atoms with E-state index in [-0.39, 0.29) is 11.2 Å². The molecule has 0 N–H and O–H groups in total. The van der Waals surface area contributed by atoms with Crippen LogP contribution in [0.15, 0.2) is 12.1 Å². The first kappa shape index (κ1) is 15.0. The molecule has 2 aromatic rings. The van der Waals surface area contributed by atoms with E-state index in [2.05, 4.69) is 5.10 Å². The van der Waals surface area contributed by atoms with Crippen molar-refractivity contribution in [2.75, 3.05) is 0 Å². The molecule has 0 atom stereocenters. The lowest BCUT2D eigenvalue weighted by Gasteiger charge is -2.32. The molecule has 1 aliphatic heterocycles. The third kappa shape index (κ3) is 1.95. The van der Waals surface area contributed by atoms with Gasteiger partial charge in [-0.25, -0.2) is 4.39 Å². The number of hydrogen-bond donors (Lipinski definition) is 0. The minimum absolute atomic E-state index is 0.168. The van der Waals surface area contributed by atoms with Crippen LogP contribution >= 0.6 is 0 Å². The van der Waals surface area contributed by atoms with Gasteiger partial charge in [-0.1, -0.05) is 6.07 Å². The van der Waals surface area contributed by atoms with Crippen molar-refractivity contribution in [2.45, 2.75) is 38.9 Å². The fourth-order valence-corrected chi connectivity index (χ4v) is 2.64. The van der Waals surface area contributed by atoms with Crippen molar-refractivity contribution in [1.82, 2.24) is 9.78 Å². The van der Waals surface area contributed by atoms with Gasteiger partial charge in [0.1, 0.15) is 17.4 Å². The second-order valence-electron chi connectivity index (χ2n) is 6.53. The lowest BCUT2D eigenvalue weighted by Crippen LogP contribution is -2.41. The van der Waals surface area contributed by atoms with E-state index in [0.717, 1.165) is 0 Å². The molecular weight excluding hydrogens is 284 g/mol. The monoisotopic (exact) mass is 301 g/mol. The highest BCUT2D eigenvalue weighted by molar-refractivity contribution is 6.65. The van der Waals surface area contributed by atoms with Crippen molar-refractivity contribution in [3.63, 3.8) is 0 Å². The van der Waals surface area contributed by atoms with Gasteiger partial charge in [0.05, 0.1) is 11.2 Å². The van der Waals surface area contributed by atoms with Crippen LogP contribution in [0.1, 0.15) is 33.4 Å². The van der Waals surface area contributed by atoms with E-state index < -0.39 is 24.1 Å². The summed E-state index contributed by atoms with van der Waals surface area (Å²) in [6.45, 7) is 7.79. The van der Waals surface area contributed by atoms with Gasteiger partial charge in [0, 0.05) is 12.4 Å². The van der Waals surface area contributed by atoms with E-state index in [0.29, 0.717) is 10.8 Å². The van der Waals surface area contributed by atoms with Crippen LogP contribution in [0.25, 0.3) is 10.9 Å². The van der Waals surface area contributed by atoms with Gasteiger partial charge in [0.2, 0.25) is 0 Å². The predicted molar refractivity (Wildman–Crippen MR) is 81.1 cm³/mol. The number of hydrogen-bond acceptors (Lipinski definition) is 4. The van der Waals surface area contributed by atoms with Crippen LogP contribution in [0.4, 0.5) is 4.39 Å². The number of fused-ring (bicyclic) bond motifs is 1. The average molecular weight is 301 g/mol. The summed E-state index contributed by atoms with van der Waals surface area (Å²) >= 11 is 0. The molecular formula is C15H17BFN3O2. The average Bonchev–Trinajstić information content (AvgIpc) is 2.85. The maximum atomic E-state index is 14.1. The highest BCUT2D eigenvalue weighted by atomic mass is 19.1. The molecule has 7 heteroatoms. The van der Waals surface area contributed by atoms with Gasteiger partial charge >= 0.3 is 7.12 Å². The van der Waals surface area contributed by atoms with Crippen molar-refractivity contribution in [1.29, 1.82) is 5.26 Å². The van der Waals surface area contributed by atoms with Crippen LogP contribution in [0.3, 0.4) is 0 Å². The van der Waals surface area contributed by atoms with Gasteiger partial charge in [-0.2, -0.15) is 10.4 Å². The molecule has 0 bridgehead atoms. The summed E-state index contributed by atoms with van der Waals surface area (Å²) in [4.78, 5) is 0. The van der Waals surface area contributed by atoms with Crippen LogP contribution in [0.5, 0.6) is 0 Å². The van der Waals surface area contributed by atoms with E-state index in [1.54, 1.807) is 13.1 Å². The van der Waals surface area contributed by atoms with Crippen LogP contribution in [-0.4, -0.2) is 28.1 Å². The molecule has 0 radical (unpaired) electrons. The summed E-state index contributed by atoms with van der Waals surface area (Å²) in [7, 11) is 0.949. The Kier molecular flexibility index (Phi) is 3.10. The van der Waals surface area contributed by atoms with Crippen LogP contribution < -0.4 is 5.46 Å². The first-order valence-electron chi connectivity index (χ1n) is 7.09. The summed E-state index contributed by atoms with van der Waals surface area (Å²) in [6.07, 6.45) is 0. The third-order valence-corrected chi connectivity index (χ3v) is 4.58. The minimum atomic E-state index is -0.663. The fraction of sp³-hybridized carbons (Fsp3) is 0.467. The fourth-order valence-electron chi connectivity index (χ4n) is 2.64. The molecule has 1 aliphatic rings. The molecule has 5 nitrogen and oxygen atoms in total. The SMILES string of the molecule is Cn1nc(C#N)c2c(B3OC(C)(C)C(C)(C)O3)ccc(F)c21. The van der Waals surface area contributed by atoms with Gasteiger partial charge in [-0.3, -0.25) is 4.68 Å². The molecule has 0 saturated carbocycles. The predicted octanol–water partition coefficient (Wildman–Crippen LogP) is 1.88. The highest BCUT2D eigenvalue weighted by Crippen LogP contribution is 2.37. The zero-order chi connectivity index (χ0) is 16.3. The molecule has 2 heterocycles. The van der Waals surface area contributed by atoms with Crippen LogP contribution in [-0.2, 0) is 16.4 Å². The van der Waals surface area contributed by atoms with E-state index in [4.69, 9.17) is 9.31 Å². The van der Waals surface area contributed by atoms with E-state index >= 15 is 0 Å². The normalized spacial score (nSPS) is 19.6. The number of nitrogens with zero attached hydrogens (tertiary/aromatic N) is 3. The maximum Gasteiger partial charge on any atom is 0.495 e. The first-order valence-corrected chi connectivity index (χ1v) is 7.09. The summed E-state index contributed by atoms with van der Waals surface area (Å²) < 4.78 is 27.5. The number of nitriles is 1. The van der Waals surface area contributed by atoms with Crippen molar-refractivity contribution < 1.29 is 13.7 Å². The highest BCUT2D eigenvalue weighted by Gasteiger charge is 2.52. The van der Waals surface area contributed by atoms with Crippen molar-refractivity contribution in [3.8, 4) is 6.07 Å². The minimum Gasteiger partial charge on any atom is -0.399 e. The smallest absolute Gasteiger partial charge is 0.399 e. The number of halogens is 1. The maximum absolute atomic E-state index is 14.1. The lowest BCUT2D eigenvalue weighted by atomic mass is 9.76. The molecule has 1 aromatic heterocycles. The van der Waals surface area contributed by atoms with Gasteiger partial charge in [0.25, 0.3) is 0 Å². The first-order chi connectivity index (χ1) is 10.2. The zero-order valence-electron chi connectivity index (χ0n) is 13.3. The topological polar surface area (TPSA) is 60.1 Å². The van der Waals surface area contributed by atoms with Gasteiger partial charge in [0.15, 0.2) is 5.69 Å². The van der Waals surface area contributed by atoms with Crippen molar-refractivity contribution in [3.05, 3.63) is 23.6 Å². The zero-order valence-corrected chi connectivity index (χ0v) is 13.3. The number of benzene rings is 1. The standard InChI is InChI=1S/C15H17BFN3O2/c1-14(2)15(3,4)22-16(21-14)9-6-7-10(17)13-12(9)11(8-18)19-20(13)5/h6-7H,1-5H3. The number of rotatable bonds is 1. The Balaban J connectivity index is 2.22. The molecule has 114 valence electrons. The Morgan fingerprint density at radius 3 is 2.36 bits per heavy atom. The number of aryl methyl sites for hydroxylation is 1.